The molecule has 0 spiro atoms. The van der Waals surface area contributed by atoms with E-state index in [-0.39, 0.29) is 29.7 Å². The summed E-state index contributed by atoms with van der Waals surface area (Å²) < 4.78 is 27.7. The van der Waals surface area contributed by atoms with Crippen LogP contribution >= 0.6 is 11.6 Å². The third-order valence-electron chi connectivity index (χ3n) is 5.71. The number of rotatable bonds is 4. The number of nitrogens with two attached hydrogens (primary N) is 1. The minimum absolute atomic E-state index is 0.0530. The molecule has 3 aromatic carbocycles. The predicted molar refractivity (Wildman–Crippen MR) is 126 cm³/mol. The molecule has 1 heterocycles. The van der Waals surface area contributed by atoms with E-state index in [1.807, 2.05) is 0 Å². The number of hydrogen-bond acceptors (Lipinski definition) is 4. The van der Waals surface area contributed by atoms with E-state index in [2.05, 4.69) is 0 Å². The maximum absolute atomic E-state index is 13.2. The third kappa shape index (κ3) is 4.21. The highest BCUT2D eigenvalue weighted by molar-refractivity contribution is 7.89. The van der Waals surface area contributed by atoms with Crippen molar-refractivity contribution in [2.24, 2.45) is 5.73 Å². The van der Waals surface area contributed by atoms with Gasteiger partial charge in [-0.1, -0.05) is 29.8 Å². The fourth-order valence-corrected chi connectivity index (χ4v) is 5.52. The number of fused-ring (bicyclic) bond motifs is 1. The van der Waals surface area contributed by atoms with Crippen LogP contribution in [0.2, 0.25) is 5.02 Å². The lowest BCUT2D eigenvalue weighted by atomic mass is 10.0. The van der Waals surface area contributed by atoms with Crippen LogP contribution in [0.15, 0.2) is 59.5 Å². The first-order valence-corrected chi connectivity index (χ1v) is 11.9. The van der Waals surface area contributed by atoms with Crippen molar-refractivity contribution in [1.29, 1.82) is 5.41 Å². The largest absolute Gasteiger partial charge is 0.384 e. The highest BCUT2D eigenvalue weighted by Gasteiger charge is 2.31. The van der Waals surface area contributed by atoms with E-state index in [1.165, 1.54) is 4.31 Å². The van der Waals surface area contributed by atoms with Gasteiger partial charge in [-0.25, -0.2) is 8.42 Å². The Morgan fingerprint density at radius 3 is 2.28 bits per heavy atom. The van der Waals surface area contributed by atoms with Crippen LogP contribution in [0.5, 0.6) is 0 Å². The van der Waals surface area contributed by atoms with Crippen molar-refractivity contribution in [2.75, 3.05) is 26.2 Å². The van der Waals surface area contributed by atoms with Gasteiger partial charge in [-0.2, -0.15) is 4.31 Å². The average Bonchev–Trinajstić information content (AvgIpc) is 2.78. The highest BCUT2D eigenvalue weighted by atomic mass is 35.5. The number of piperazine rings is 1. The van der Waals surface area contributed by atoms with Crippen LogP contribution in [0.4, 0.5) is 0 Å². The van der Waals surface area contributed by atoms with E-state index in [1.54, 1.807) is 66.4 Å². The summed E-state index contributed by atoms with van der Waals surface area (Å²) in [6, 6.07) is 15.3. The van der Waals surface area contributed by atoms with Crippen LogP contribution < -0.4 is 5.73 Å². The van der Waals surface area contributed by atoms with Crippen molar-refractivity contribution in [3.8, 4) is 0 Å². The summed E-state index contributed by atoms with van der Waals surface area (Å²) in [6.07, 6.45) is 0. The number of nitrogens with one attached hydrogen (secondary N) is 1. The van der Waals surface area contributed by atoms with E-state index < -0.39 is 10.0 Å². The van der Waals surface area contributed by atoms with Crippen molar-refractivity contribution in [2.45, 2.75) is 11.8 Å². The Morgan fingerprint density at radius 2 is 1.62 bits per heavy atom. The van der Waals surface area contributed by atoms with Crippen molar-refractivity contribution in [3.63, 3.8) is 0 Å². The second-order valence-electron chi connectivity index (χ2n) is 7.79. The van der Waals surface area contributed by atoms with Gasteiger partial charge in [-0.15, -0.1) is 0 Å². The van der Waals surface area contributed by atoms with Crippen molar-refractivity contribution >= 4 is 44.1 Å². The maximum atomic E-state index is 13.2. The predicted octanol–water partition coefficient (Wildman–Crippen LogP) is 3.23. The molecular weight excluding hydrogens is 448 g/mol. The van der Waals surface area contributed by atoms with Gasteiger partial charge >= 0.3 is 0 Å². The van der Waals surface area contributed by atoms with E-state index in [4.69, 9.17) is 22.7 Å². The van der Waals surface area contributed by atoms with Crippen LogP contribution in [-0.2, 0) is 10.0 Å². The van der Waals surface area contributed by atoms with E-state index in [9.17, 15) is 13.2 Å². The fourth-order valence-electron chi connectivity index (χ4n) is 3.88. The summed E-state index contributed by atoms with van der Waals surface area (Å²) >= 11 is 6.01. The molecule has 32 heavy (non-hydrogen) atoms. The number of sulfonamides is 1. The van der Waals surface area contributed by atoms with Crippen LogP contribution in [0, 0.1) is 12.3 Å². The number of nitrogens with zero attached hydrogens (tertiary/aromatic N) is 2. The lowest BCUT2D eigenvalue weighted by Crippen LogP contribution is -2.50. The SMILES string of the molecule is Cc1cc(C(=N)N)ccc1C(=O)N1CCN(S(=O)(=O)c2ccc3cc(Cl)ccc3c2)CC1. The Kier molecular flexibility index (Phi) is 5.94. The fraction of sp³-hybridized carbons (Fsp3) is 0.217. The molecule has 0 atom stereocenters. The Hall–Kier alpha value is -2.94. The number of carbonyl (C=O) groups is 1. The monoisotopic (exact) mass is 470 g/mol. The minimum atomic E-state index is -3.68. The second-order valence-corrected chi connectivity index (χ2v) is 10.2. The number of aryl methyl sites for hydroxylation is 1. The normalized spacial score (nSPS) is 15.1. The molecule has 0 radical (unpaired) electrons. The van der Waals surface area contributed by atoms with E-state index >= 15 is 0 Å². The molecule has 0 aromatic heterocycles. The van der Waals surface area contributed by atoms with Crippen LogP contribution in [0.1, 0.15) is 21.5 Å². The molecular formula is C23H23ClN4O3S. The molecule has 1 saturated heterocycles. The molecule has 1 aliphatic heterocycles. The number of carbonyl (C=O) groups excluding carboxylic acids is 1. The molecule has 0 unspecified atom stereocenters. The Bertz CT molecular complexity index is 1330. The first-order valence-electron chi connectivity index (χ1n) is 10.1. The molecule has 1 amide bonds. The maximum Gasteiger partial charge on any atom is 0.254 e. The summed E-state index contributed by atoms with van der Waals surface area (Å²) in [5.74, 6) is -0.208. The zero-order valence-corrected chi connectivity index (χ0v) is 19.1. The molecule has 3 N–H and O–H groups in total. The van der Waals surface area contributed by atoms with Gasteiger partial charge in [0.15, 0.2) is 0 Å². The molecule has 3 aromatic rings. The summed E-state index contributed by atoms with van der Waals surface area (Å²) in [5.41, 5.74) is 7.33. The topological polar surface area (TPSA) is 108 Å². The van der Waals surface area contributed by atoms with E-state index in [0.29, 0.717) is 29.2 Å². The molecule has 0 saturated carbocycles. The molecule has 4 rings (SSSR count). The van der Waals surface area contributed by atoms with Crippen LogP contribution in [0.25, 0.3) is 10.8 Å². The number of hydrogen-bond donors (Lipinski definition) is 2. The number of amides is 1. The van der Waals surface area contributed by atoms with Gasteiger partial charge < -0.3 is 10.6 Å². The molecule has 166 valence electrons. The summed E-state index contributed by atoms with van der Waals surface area (Å²) in [6.45, 7) is 2.84. The van der Waals surface area contributed by atoms with Crippen LogP contribution in [0.3, 0.4) is 0 Å². The van der Waals surface area contributed by atoms with Gasteiger partial charge in [-0.05, 0) is 59.7 Å². The number of amidine groups is 1. The standard InChI is InChI=1S/C23H23ClN4O3S/c1-15-12-18(22(25)26)4-7-21(15)23(29)27-8-10-28(11-9-27)32(30,31)20-6-3-16-13-19(24)5-2-17(16)14-20/h2-7,12-14H,8-11H2,1H3,(H3,25,26). The smallest absolute Gasteiger partial charge is 0.254 e. The lowest BCUT2D eigenvalue weighted by molar-refractivity contribution is 0.0697. The highest BCUT2D eigenvalue weighted by Crippen LogP contribution is 2.25. The Balaban J connectivity index is 1.49. The van der Waals surface area contributed by atoms with Gasteiger partial charge in [0, 0.05) is 42.3 Å². The van der Waals surface area contributed by atoms with Gasteiger partial charge in [0.2, 0.25) is 10.0 Å². The quantitative estimate of drug-likeness (QED) is 0.450. The van der Waals surface area contributed by atoms with Gasteiger partial charge in [0.05, 0.1) is 4.90 Å². The van der Waals surface area contributed by atoms with Crippen LogP contribution in [-0.4, -0.2) is 55.5 Å². The Labute approximate surface area is 191 Å². The number of nitrogen functional groups attached to an aromatic ring is 1. The van der Waals surface area contributed by atoms with Gasteiger partial charge in [0.1, 0.15) is 5.84 Å². The molecule has 0 bridgehead atoms. The Morgan fingerprint density at radius 1 is 0.969 bits per heavy atom. The first kappa shape index (κ1) is 22.3. The van der Waals surface area contributed by atoms with Gasteiger partial charge in [0.25, 0.3) is 5.91 Å². The first-order chi connectivity index (χ1) is 15.2. The molecule has 0 aliphatic carbocycles. The van der Waals surface area contributed by atoms with E-state index in [0.717, 1.165) is 16.3 Å². The summed E-state index contributed by atoms with van der Waals surface area (Å²) in [7, 11) is -3.68. The molecule has 1 fully saturated rings. The number of halogens is 1. The molecule has 9 heteroatoms. The summed E-state index contributed by atoms with van der Waals surface area (Å²) in [4.78, 5) is 14.8. The third-order valence-corrected chi connectivity index (χ3v) is 7.83. The lowest BCUT2D eigenvalue weighted by Gasteiger charge is -2.34. The van der Waals surface area contributed by atoms with Crippen molar-refractivity contribution in [1.82, 2.24) is 9.21 Å². The van der Waals surface area contributed by atoms with Gasteiger partial charge in [-0.3, -0.25) is 10.2 Å². The number of benzene rings is 3. The minimum Gasteiger partial charge on any atom is -0.384 e. The van der Waals surface area contributed by atoms with Crippen molar-refractivity contribution < 1.29 is 13.2 Å². The van der Waals surface area contributed by atoms with Crippen molar-refractivity contribution in [3.05, 3.63) is 76.3 Å². The molecule has 1 aliphatic rings. The molecule has 7 nitrogen and oxygen atoms in total. The average molecular weight is 471 g/mol. The summed E-state index contributed by atoms with van der Waals surface area (Å²) in [5, 5.41) is 9.80. The second kappa shape index (κ2) is 8.54. The zero-order valence-electron chi connectivity index (χ0n) is 17.5. The zero-order chi connectivity index (χ0) is 23.0.